The number of likely N-dealkylation sites (tertiary alicyclic amines) is 1. The number of nitrogens with one attached hydrogen (secondary N) is 2. The summed E-state index contributed by atoms with van der Waals surface area (Å²) in [5.41, 5.74) is 0.450. The molecule has 3 amide bonds. The van der Waals surface area contributed by atoms with Crippen molar-refractivity contribution in [1.82, 2.24) is 15.5 Å². The number of nitrogens with zero attached hydrogens (tertiary/aromatic N) is 1. The van der Waals surface area contributed by atoms with Crippen LogP contribution in [0.5, 0.6) is 0 Å². The predicted octanol–water partition coefficient (Wildman–Crippen LogP) is 4.04. The van der Waals surface area contributed by atoms with Crippen molar-refractivity contribution in [1.29, 1.82) is 0 Å². The molecule has 0 aliphatic carbocycles. The Morgan fingerprint density at radius 2 is 1.70 bits per heavy atom. The van der Waals surface area contributed by atoms with E-state index in [1.807, 2.05) is 13.8 Å². The second kappa shape index (κ2) is 11.3. The zero-order chi connectivity index (χ0) is 24.0. The molecule has 6 nitrogen and oxygen atoms in total. The topological polar surface area (TPSA) is 78.5 Å². The molecule has 0 bridgehead atoms. The number of hydrogen-bond donors (Lipinski definition) is 2. The average Bonchev–Trinajstić information content (AvgIpc) is 2.82. The first kappa shape index (κ1) is 24.7. The van der Waals surface area contributed by atoms with Crippen LogP contribution in [0.15, 0.2) is 48.5 Å². The Hall–Kier alpha value is -2.93. The Bertz CT molecular complexity index is 991. The zero-order valence-electron chi connectivity index (χ0n) is 18.8. The van der Waals surface area contributed by atoms with Gasteiger partial charge in [0.1, 0.15) is 11.9 Å². The van der Waals surface area contributed by atoms with Gasteiger partial charge in [-0.1, -0.05) is 30.7 Å². The molecule has 2 aromatic rings. The molecule has 2 atom stereocenters. The number of rotatable bonds is 7. The normalized spacial score (nSPS) is 16.1. The van der Waals surface area contributed by atoms with Gasteiger partial charge in [0, 0.05) is 29.7 Å². The summed E-state index contributed by atoms with van der Waals surface area (Å²) in [4.78, 5) is 40.3. The first-order valence-corrected chi connectivity index (χ1v) is 11.6. The van der Waals surface area contributed by atoms with E-state index in [1.165, 1.54) is 18.2 Å². The van der Waals surface area contributed by atoms with Crippen molar-refractivity contribution in [2.75, 3.05) is 13.1 Å². The molecule has 2 aromatic carbocycles. The highest BCUT2D eigenvalue weighted by atomic mass is 35.5. The molecule has 1 fully saturated rings. The lowest BCUT2D eigenvalue weighted by Gasteiger charge is -2.36. The Morgan fingerprint density at radius 1 is 1.06 bits per heavy atom. The Morgan fingerprint density at radius 3 is 2.30 bits per heavy atom. The van der Waals surface area contributed by atoms with Gasteiger partial charge in [0.2, 0.25) is 5.91 Å². The fourth-order valence-electron chi connectivity index (χ4n) is 3.91. The molecule has 0 radical (unpaired) electrons. The molecule has 0 spiro atoms. The van der Waals surface area contributed by atoms with Crippen molar-refractivity contribution in [3.63, 3.8) is 0 Å². The summed E-state index contributed by atoms with van der Waals surface area (Å²) in [7, 11) is 0. The molecule has 1 heterocycles. The lowest BCUT2D eigenvalue weighted by Crippen LogP contribution is -2.55. The van der Waals surface area contributed by atoms with Crippen molar-refractivity contribution in [2.24, 2.45) is 5.92 Å². The van der Waals surface area contributed by atoms with E-state index in [4.69, 9.17) is 11.6 Å². The first-order chi connectivity index (χ1) is 15.8. The van der Waals surface area contributed by atoms with Gasteiger partial charge in [-0.25, -0.2) is 4.39 Å². The Labute approximate surface area is 198 Å². The molecule has 0 unspecified atom stereocenters. The van der Waals surface area contributed by atoms with E-state index < -0.39 is 17.8 Å². The van der Waals surface area contributed by atoms with Crippen LogP contribution in [0.25, 0.3) is 0 Å². The van der Waals surface area contributed by atoms with Crippen molar-refractivity contribution in [2.45, 2.75) is 45.2 Å². The van der Waals surface area contributed by atoms with Crippen LogP contribution < -0.4 is 10.6 Å². The number of carbonyl (C=O) groups excluding carboxylic acids is 3. The van der Waals surface area contributed by atoms with E-state index >= 15 is 0 Å². The third kappa shape index (κ3) is 6.32. The molecular formula is C25H29ClFN3O3. The van der Waals surface area contributed by atoms with Gasteiger partial charge in [0.05, 0.1) is 5.56 Å². The minimum Gasteiger partial charge on any atom is -0.352 e. The molecule has 1 aliphatic heterocycles. The number of piperidine rings is 1. The summed E-state index contributed by atoms with van der Waals surface area (Å²) >= 11 is 5.91. The molecule has 33 heavy (non-hydrogen) atoms. The van der Waals surface area contributed by atoms with E-state index in [-0.39, 0.29) is 29.3 Å². The SMILES string of the molecule is CC[C@H](C)NC(=O)[C@@H](NC(=O)c1ccccc1F)C1CCN(C(=O)c2ccc(Cl)cc2)CC1. The van der Waals surface area contributed by atoms with Crippen LogP contribution in [0.1, 0.15) is 53.8 Å². The highest BCUT2D eigenvalue weighted by Crippen LogP contribution is 2.24. The predicted molar refractivity (Wildman–Crippen MR) is 126 cm³/mol. The molecular weight excluding hydrogens is 445 g/mol. The van der Waals surface area contributed by atoms with Gasteiger partial charge in [0.25, 0.3) is 11.8 Å². The van der Waals surface area contributed by atoms with E-state index in [2.05, 4.69) is 10.6 Å². The maximum Gasteiger partial charge on any atom is 0.254 e. The largest absolute Gasteiger partial charge is 0.352 e. The van der Waals surface area contributed by atoms with Crippen molar-refractivity contribution in [3.8, 4) is 0 Å². The van der Waals surface area contributed by atoms with Crippen molar-refractivity contribution >= 4 is 29.3 Å². The van der Waals surface area contributed by atoms with Gasteiger partial charge in [-0.2, -0.15) is 0 Å². The Kier molecular flexibility index (Phi) is 8.44. The third-order valence-corrected chi connectivity index (χ3v) is 6.33. The molecule has 0 saturated carbocycles. The molecule has 2 N–H and O–H groups in total. The molecule has 1 saturated heterocycles. The summed E-state index contributed by atoms with van der Waals surface area (Å²) in [6.07, 6.45) is 1.82. The van der Waals surface area contributed by atoms with Crippen LogP contribution in [-0.4, -0.2) is 47.8 Å². The molecule has 0 aromatic heterocycles. The van der Waals surface area contributed by atoms with Crippen LogP contribution in [0, 0.1) is 11.7 Å². The van der Waals surface area contributed by atoms with Gasteiger partial charge in [-0.05, 0) is 68.5 Å². The molecule has 1 aliphatic rings. The third-order valence-electron chi connectivity index (χ3n) is 6.08. The number of halogens is 2. The summed E-state index contributed by atoms with van der Waals surface area (Å²) in [6.45, 7) is 4.75. The minimum atomic E-state index is -0.820. The van der Waals surface area contributed by atoms with E-state index in [1.54, 1.807) is 35.2 Å². The quantitative estimate of drug-likeness (QED) is 0.637. The Balaban J connectivity index is 1.71. The minimum absolute atomic E-state index is 0.0584. The fraction of sp³-hybridized carbons (Fsp3) is 0.400. The number of benzene rings is 2. The van der Waals surface area contributed by atoms with Crippen LogP contribution in [0.2, 0.25) is 5.02 Å². The van der Waals surface area contributed by atoms with E-state index in [0.29, 0.717) is 36.5 Å². The van der Waals surface area contributed by atoms with Crippen molar-refractivity contribution < 1.29 is 18.8 Å². The van der Waals surface area contributed by atoms with Gasteiger partial charge >= 0.3 is 0 Å². The zero-order valence-corrected chi connectivity index (χ0v) is 19.6. The highest BCUT2D eigenvalue weighted by Gasteiger charge is 2.34. The van der Waals surface area contributed by atoms with E-state index in [9.17, 15) is 18.8 Å². The number of carbonyl (C=O) groups is 3. The second-order valence-electron chi connectivity index (χ2n) is 8.39. The molecule has 8 heteroatoms. The van der Waals surface area contributed by atoms with Gasteiger partial charge in [-0.3, -0.25) is 14.4 Å². The number of hydrogen-bond acceptors (Lipinski definition) is 3. The van der Waals surface area contributed by atoms with Gasteiger partial charge in [0.15, 0.2) is 0 Å². The smallest absolute Gasteiger partial charge is 0.254 e. The summed E-state index contributed by atoms with van der Waals surface area (Å²) in [5, 5.41) is 6.23. The van der Waals surface area contributed by atoms with Crippen molar-refractivity contribution in [3.05, 3.63) is 70.5 Å². The fourth-order valence-corrected chi connectivity index (χ4v) is 4.03. The van der Waals surface area contributed by atoms with Crippen LogP contribution in [-0.2, 0) is 4.79 Å². The van der Waals surface area contributed by atoms with Crippen LogP contribution >= 0.6 is 11.6 Å². The lowest BCUT2D eigenvalue weighted by molar-refractivity contribution is -0.125. The van der Waals surface area contributed by atoms with Gasteiger partial charge < -0.3 is 15.5 Å². The molecule has 176 valence electrons. The maximum absolute atomic E-state index is 14.1. The van der Waals surface area contributed by atoms with Crippen LogP contribution in [0.4, 0.5) is 4.39 Å². The van der Waals surface area contributed by atoms with Gasteiger partial charge in [-0.15, -0.1) is 0 Å². The average molecular weight is 474 g/mol. The van der Waals surface area contributed by atoms with E-state index in [0.717, 1.165) is 6.42 Å². The maximum atomic E-state index is 14.1. The molecule has 3 rings (SSSR count). The highest BCUT2D eigenvalue weighted by molar-refractivity contribution is 6.30. The standard InChI is InChI=1S/C25H29ClFN3O3/c1-3-16(2)28-24(32)22(29-23(31)20-6-4-5-7-21(20)27)17-12-14-30(15-13-17)25(33)18-8-10-19(26)11-9-18/h4-11,16-17,22H,3,12-15H2,1-2H3,(H,28,32)(H,29,31)/t16-,22-/m0/s1. The first-order valence-electron chi connectivity index (χ1n) is 11.2. The summed E-state index contributed by atoms with van der Waals surface area (Å²) in [6, 6.07) is 11.5. The van der Waals surface area contributed by atoms with Crippen LogP contribution in [0.3, 0.4) is 0 Å². The summed E-state index contributed by atoms with van der Waals surface area (Å²) < 4.78 is 14.1. The number of amides is 3. The summed E-state index contributed by atoms with van der Waals surface area (Å²) in [5.74, 6) is -1.84. The monoisotopic (exact) mass is 473 g/mol. The lowest BCUT2D eigenvalue weighted by atomic mass is 9.88. The second-order valence-corrected chi connectivity index (χ2v) is 8.82.